The molecule has 0 aromatic carbocycles. The van der Waals surface area contributed by atoms with Gasteiger partial charge in [0.2, 0.25) is 0 Å². The summed E-state index contributed by atoms with van der Waals surface area (Å²) < 4.78 is 12.5. The van der Waals surface area contributed by atoms with Crippen LogP contribution in [0.15, 0.2) is 0 Å². The summed E-state index contributed by atoms with van der Waals surface area (Å²) in [6, 6.07) is 0. The molecule has 76 valence electrons. The van der Waals surface area contributed by atoms with Gasteiger partial charge in [-0.05, 0) is 42.4 Å². The predicted molar refractivity (Wildman–Crippen MR) is 49.8 cm³/mol. The second-order valence-electron chi connectivity index (χ2n) is 5.04. The number of hydrogen-bond donors (Lipinski definition) is 1. The van der Waals surface area contributed by atoms with Crippen molar-refractivity contribution >= 4 is 0 Å². The maximum absolute atomic E-state index is 12.5. The van der Waals surface area contributed by atoms with Crippen LogP contribution < -0.4 is 0 Å². The fraction of sp³-hybridized carbons (Fsp3) is 1.00. The van der Waals surface area contributed by atoms with Gasteiger partial charge >= 0.3 is 0 Å². The van der Waals surface area contributed by atoms with E-state index >= 15 is 0 Å². The van der Waals surface area contributed by atoms with E-state index < -0.39 is 6.36 Å². The molecule has 0 saturated heterocycles. The van der Waals surface area contributed by atoms with Gasteiger partial charge in [0, 0.05) is 6.42 Å². The van der Waals surface area contributed by atoms with Crippen LogP contribution in [-0.2, 0) is 0 Å². The van der Waals surface area contributed by atoms with Gasteiger partial charge in [-0.1, -0.05) is 13.8 Å². The molecule has 6 unspecified atom stereocenters. The fourth-order valence-electron chi connectivity index (χ4n) is 3.62. The molecule has 0 amide bonds. The minimum atomic E-state index is -1.59. The summed E-state index contributed by atoms with van der Waals surface area (Å²) >= 11 is 0. The first-order chi connectivity index (χ1) is 6.09. The smallest absolute Gasteiger partial charge is 0.196 e. The molecule has 0 aromatic heterocycles. The van der Waals surface area contributed by atoms with E-state index in [0.29, 0.717) is 18.3 Å². The highest BCUT2D eigenvalue weighted by Gasteiger charge is 2.48. The van der Waals surface area contributed by atoms with Crippen molar-refractivity contribution in [1.82, 2.24) is 0 Å². The Morgan fingerprint density at radius 1 is 1.31 bits per heavy atom. The standard InChI is InChI=1S/C11H19FO/c1-6-7(2)10-4-8(6)3-9(10)5-11(12)13/h6-11,13H,3-5H2,1-2H3. The Balaban J connectivity index is 1.98. The number of aliphatic hydroxyl groups excluding tert-OH is 1. The summed E-state index contributed by atoms with van der Waals surface area (Å²) in [5.41, 5.74) is 0. The van der Waals surface area contributed by atoms with Gasteiger partial charge in [-0.2, -0.15) is 0 Å². The molecule has 2 saturated carbocycles. The van der Waals surface area contributed by atoms with Gasteiger partial charge in [-0.3, -0.25) is 0 Å². The normalized spacial score (nSPS) is 51.2. The van der Waals surface area contributed by atoms with Gasteiger partial charge in [-0.25, -0.2) is 4.39 Å². The first-order valence-corrected chi connectivity index (χ1v) is 5.41. The molecule has 2 bridgehead atoms. The van der Waals surface area contributed by atoms with Gasteiger partial charge in [-0.15, -0.1) is 0 Å². The van der Waals surface area contributed by atoms with Crippen molar-refractivity contribution in [1.29, 1.82) is 0 Å². The number of halogens is 1. The van der Waals surface area contributed by atoms with Crippen molar-refractivity contribution in [3.8, 4) is 0 Å². The summed E-state index contributed by atoms with van der Waals surface area (Å²) in [7, 11) is 0. The molecule has 2 heteroatoms. The van der Waals surface area contributed by atoms with Crippen molar-refractivity contribution in [3.05, 3.63) is 0 Å². The van der Waals surface area contributed by atoms with Gasteiger partial charge in [0.1, 0.15) is 0 Å². The lowest BCUT2D eigenvalue weighted by molar-refractivity contribution is 0.00447. The number of hydrogen-bond acceptors (Lipinski definition) is 1. The molecule has 13 heavy (non-hydrogen) atoms. The molecule has 0 aliphatic heterocycles. The van der Waals surface area contributed by atoms with Crippen LogP contribution >= 0.6 is 0 Å². The number of rotatable bonds is 2. The Bertz CT molecular complexity index is 191. The zero-order valence-electron chi connectivity index (χ0n) is 8.41. The minimum Gasteiger partial charge on any atom is -0.364 e. The molecule has 6 atom stereocenters. The average Bonchev–Trinajstić information content (AvgIpc) is 2.53. The quantitative estimate of drug-likeness (QED) is 0.702. The van der Waals surface area contributed by atoms with Gasteiger partial charge in [0.15, 0.2) is 6.36 Å². The van der Waals surface area contributed by atoms with Crippen LogP contribution in [0.1, 0.15) is 33.1 Å². The highest BCUT2D eigenvalue weighted by Crippen LogP contribution is 2.56. The van der Waals surface area contributed by atoms with E-state index in [1.807, 2.05) is 0 Å². The molecule has 0 radical (unpaired) electrons. The molecule has 0 aromatic rings. The third-order valence-electron chi connectivity index (χ3n) is 4.53. The zero-order chi connectivity index (χ0) is 9.59. The number of alkyl halides is 1. The van der Waals surface area contributed by atoms with E-state index in [1.165, 1.54) is 6.42 Å². The van der Waals surface area contributed by atoms with Crippen molar-refractivity contribution < 1.29 is 9.50 Å². The SMILES string of the molecule is CC1C2CC(CC(O)F)C(C2)C1C. The van der Waals surface area contributed by atoms with E-state index in [-0.39, 0.29) is 0 Å². The van der Waals surface area contributed by atoms with Crippen LogP contribution in [0.2, 0.25) is 0 Å². The van der Waals surface area contributed by atoms with Gasteiger partial charge in [0.05, 0.1) is 0 Å². The number of aliphatic hydroxyl groups is 1. The molecular formula is C11H19FO. The van der Waals surface area contributed by atoms with Crippen LogP contribution in [0.5, 0.6) is 0 Å². The Morgan fingerprint density at radius 2 is 2.00 bits per heavy atom. The first kappa shape index (κ1) is 9.45. The van der Waals surface area contributed by atoms with E-state index in [0.717, 1.165) is 24.2 Å². The highest BCUT2D eigenvalue weighted by molar-refractivity contribution is 4.97. The topological polar surface area (TPSA) is 20.2 Å². The lowest BCUT2D eigenvalue weighted by atomic mass is 9.74. The van der Waals surface area contributed by atoms with E-state index in [2.05, 4.69) is 13.8 Å². The Labute approximate surface area is 79.3 Å². The minimum absolute atomic E-state index is 0.373. The summed E-state index contributed by atoms with van der Waals surface area (Å²) in [4.78, 5) is 0. The summed E-state index contributed by atoms with van der Waals surface area (Å²) in [6.07, 6.45) is 1.21. The molecular weight excluding hydrogens is 167 g/mol. The van der Waals surface area contributed by atoms with Gasteiger partial charge in [0.25, 0.3) is 0 Å². The van der Waals surface area contributed by atoms with Crippen LogP contribution in [-0.4, -0.2) is 11.5 Å². The molecule has 0 spiro atoms. The monoisotopic (exact) mass is 186 g/mol. The molecule has 2 aliphatic carbocycles. The summed E-state index contributed by atoms with van der Waals surface area (Å²) in [5, 5.41) is 8.73. The number of fused-ring (bicyclic) bond motifs is 2. The van der Waals surface area contributed by atoms with Crippen molar-refractivity contribution in [2.75, 3.05) is 0 Å². The van der Waals surface area contributed by atoms with Crippen molar-refractivity contribution in [3.63, 3.8) is 0 Å². The lowest BCUT2D eigenvalue weighted by Gasteiger charge is -2.31. The Hall–Kier alpha value is -0.110. The molecule has 2 aliphatic rings. The van der Waals surface area contributed by atoms with Crippen LogP contribution in [0.25, 0.3) is 0 Å². The van der Waals surface area contributed by atoms with Crippen LogP contribution in [0.3, 0.4) is 0 Å². The average molecular weight is 186 g/mol. The Morgan fingerprint density at radius 3 is 2.46 bits per heavy atom. The second kappa shape index (κ2) is 3.23. The maximum Gasteiger partial charge on any atom is 0.196 e. The van der Waals surface area contributed by atoms with E-state index in [4.69, 9.17) is 5.11 Å². The third-order valence-corrected chi connectivity index (χ3v) is 4.53. The van der Waals surface area contributed by atoms with E-state index in [9.17, 15) is 4.39 Å². The maximum atomic E-state index is 12.5. The second-order valence-corrected chi connectivity index (χ2v) is 5.04. The molecule has 2 fully saturated rings. The van der Waals surface area contributed by atoms with Gasteiger partial charge < -0.3 is 5.11 Å². The highest BCUT2D eigenvalue weighted by atomic mass is 19.1. The zero-order valence-corrected chi connectivity index (χ0v) is 8.41. The van der Waals surface area contributed by atoms with Crippen molar-refractivity contribution in [2.45, 2.75) is 39.5 Å². The fourth-order valence-corrected chi connectivity index (χ4v) is 3.62. The summed E-state index contributed by atoms with van der Waals surface area (Å²) in [5.74, 6) is 3.51. The first-order valence-electron chi connectivity index (χ1n) is 5.41. The predicted octanol–water partition coefficient (Wildman–Crippen LogP) is 2.59. The molecule has 1 N–H and O–H groups in total. The third kappa shape index (κ3) is 1.50. The Kier molecular flexibility index (Phi) is 2.35. The molecule has 0 heterocycles. The molecule has 2 rings (SSSR count). The van der Waals surface area contributed by atoms with Crippen molar-refractivity contribution in [2.24, 2.45) is 29.6 Å². The molecule has 1 nitrogen and oxygen atoms in total. The largest absolute Gasteiger partial charge is 0.364 e. The van der Waals surface area contributed by atoms with Crippen LogP contribution in [0.4, 0.5) is 4.39 Å². The summed E-state index contributed by atoms with van der Waals surface area (Å²) in [6.45, 7) is 4.60. The van der Waals surface area contributed by atoms with Crippen LogP contribution in [0, 0.1) is 29.6 Å². The lowest BCUT2D eigenvalue weighted by Crippen LogP contribution is -2.26. The van der Waals surface area contributed by atoms with E-state index in [1.54, 1.807) is 0 Å².